The van der Waals surface area contributed by atoms with Crippen molar-refractivity contribution in [3.05, 3.63) is 60.7 Å². The molecule has 0 unspecified atom stereocenters. The first-order chi connectivity index (χ1) is 8.81. The molecule has 1 nitrogen and oxygen atoms in total. The molecule has 0 fully saturated rings. The number of nitrogens with zero attached hydrogens (tertiary/aromatic N) is 1. The van der Waals surface area contributed by atoms with E-state index in [1.54, 1.807) is 0 Å². The lowest BCUT2D eigenvalue weighted by Gasteiger charge is -2.11. The zero-order valence-electron chi connectivity index (χ0n) is 10.5. The normalized spacial score (nSPS) is 10.9. The van der Waals surface area contributed by atoms with E-state index in [2.05, 4.69) is 49.9 Å². The lowest BCUT2D eigenvalue weighted by Crippen LogP contribution is -1.91. The van der Waals surface area contributed by atoms with E-state index < -0.39 is 0 Å². The second-order valence-corrected chi connectivity index (χ2v) is 4.48. The maximum Gasteiger partial charge on any atom is 0.0715 e. The smallest absolute Gasteiger partial charge is 0.0715 e. The number of rotatable bonds is 2. The largest absolute Gasteiger partial charge is 0.248 e. The van der Waals surface area contributed by atoms with Gasteiger partial charge in [-0.15, -0.1) is 0 Å². The number of allylic oxidation sites excluding steroid dienone is 1. The summed E-state index contributed by atoms with van der Waals surface area (Å²) in [7, 11) is 0. The molecule has 0 spiro atoms. The van der Waals surface area contributed by atoms with Crippen LogP contribution in [0.25, 0.3) is 27.4 Å². The SMILES string of the molecule is C=C(CC)c1c2ccccc2nc2ccccc12. The van der Waals surface area contributed by atoms with Gasteiger partial charge in [0.1, 0.15) is 0 Å². The minimum absolute atomic E-state index is 0.956. The summed E-state index contributed by atoms with van der Waals surface area (Å²) in [5.74, 6) is 0. The van der Waals surface area contributed by atoms with Crippen LogP contribution in [0, 0.1) is 0 Å². The summed E-state index contributed by atoms with van der Waals surface area (Å²) in [6.45, 7) is 6.36. The Bertz CT molecular complexity index is 687. The molecular weight excluding hydrogens is 218 g/mol. The number of para-hydroxylation sites is 2. The second-order valence-electron chi connectivity index (χ2n) is 4.48. The molecule has 3 aromatic rings. The highest BCUT2D eigenvalue weighted by Gasteiger charge is 2.09. The van der Waals surface area contributed by atoms with E-state index in [1.165, 1.54) is 21.9 Å². The average Bonchev–Trinajstić information content (AvgIpc) is 2.44. The van der Waals surface area contributed by atoms with Gasteiger partial charge in [-0.2, -0.15) is 0 Å². The van der Waals surface area contributed by atoms with Crippen LogP contribution in [0.3, 0.4) is 0 Å². The van der Waals surface area contributed by atoms with Gasteiger partial charge >= 0.3 is 0 Å². The van der Waals surface area contributed by atoms with E-state index in [1.807, 2.05) is 12.1 Å². The van der Waals surface area contributed by atoms with Crippen LogP contribution in [-0.4, -0.2) is 4.98 Å². The van der Waals surface area contributed by atoms with Crippen LogP contribution >= 0.6 is 0 Å². The molecule has 0 aliphatic rings. The van der Waals surface area contributed by atoms with Gasteiger partial charge in [-0.1, -0.05) is 49.9 Å². The van der Waals surface area contributed by atoms with Crippen molar-refractivity contribution in [3.8, 4) is 0 Å². The molecule has 0 radical (unpaired) electrons. The maximum absolute atomic E-state index is 4.71. The highest BCUT2D eigenvalue weighted by atomic mass is 14.7. The molecule has 2 aromatic carbocycles. The zero-order chi connectivity index (χ0) is 12.5. The molecule has 0 N–H and O–H groups in total. The number of benzene rings is 2. The van der Waals surface area contributed by atoms with E-state index in [0.29, 0.717) is 0 Å². The average molecular weight is 233 g/mol. The molecule has 0 aliphatic heterocycles. The number of hydrogen-bond acceptors (Lipinski definition) is 1. The van der Waals surface area contributed by atoms with Crippen molar-refractivity contribution in [2.75, 3.05) is 0 Å². The summed E-state index contributed by atoms with van der Waals surface area (Å²) in [6.07, 6.45) is 0.956. The van der Waals surface area contributed by atoms with Crippen molar-refractivity contribution in [2.24, 2.45) is 0 Å². The van der Waals surface area contributed by atoms with Crippen LogP contribution in [0.5, 0.6) is 0 Å². The first-order valence-electron chi connectivity index (χ1n) is 6.27. The molecule has 18 heavy (non-hydrogen) atoms. The third-order valence-electron chi connectivity index (χ3n) is 3.37. The summed E-state index contributed by atoms with van der Waals surface area (Å²) >= 11 is 0. The van der Waals surface area contributed by atoms with E-state index in [9.17, 15) is 0 Å². The molecular formula is C17H15N. The van der Waals surface area contributed by atoms with Crippen molar-refractivity contribution in [3.63, 3.8) is 0 Å². The maximum atomic E-state index is 4.71. The molecule has 0 atom stereocenters. The van der Waals surface area contributed by atoms with Gasteiger partial charge in [0.15, 0.2) is 0 Å². The number of pyridine rings is 1. The quantitative estimate of drug-likeness (QED) is 0.579. The van der Waals surface area contributed by atoms with Gasteiger partial charge in [0.05, 0.1) is 11.0 Å². The summed E-state index contributed by atoms with van der Waals surface area (Å²) < 4.78 is 0. The molecule has 0 amide bonds. The fourth-order valence-electron chi connectivity index (χ4n) is 2.40. The van der Waals surface area contributed by atoms with Crippen molar-refractivity contribution in [1.29, 1.82) is 0 Å². The summed E-state index contributed by atoms with van der Waals surface area (Å²) in [4.78, 5) is 4.71. The van der Waals surface area contributed by atoms with Crippen LogP contribution in [0.15, 0.2) is 55.1 Å². The Morgan fingerprint density at radius 3 is 1.94 bits per heavy atom. The molecule has 1 aromatic heterocycles. The van der Waals surface area contributed by atoms with Crippen molar-refractivity contribution >= 4 is 27.4 Å². The number of hydrogen-bond donors (Lipinski definition) is 0. The third-order valence-corrected chi connectivity index (χ3v) is 3.37. The minimum atomic E-state index is 0.956. The van der Waals surface area contributed by atoms with Gasteiger partial charge in [-0.3, -0.25) is 0 Å². The predicted molar refractivity (Wildman–Crippen MR) is 78.6 cm³/mol. The Morgan fingerprint density at radius 1 is 0.944 bits per heavy atom. The first kappa shape index (κ1) is 11.0. The van der Waals surface area contributed by atoms with E-state index in [-0.39, 0.29) is 0 Å². The fraction of sp³-hybridized carbons (Fsp3) is 0.118. The van der Waals surface area contributed by atoms with E-state index >= 15 is 0 Å². The lowest BCUT2D eigenvalue weighted by atomic mass is 9.96. The van der Waals surface area contributed by atoms with Gasteiger partial charge in [-0.25, -0.2) is 4.98 Å². The van der Waals surface area contributed by atoms with Crippen LogP contribution in [0.2, 0.25) is 0 Å². The standard InChI is InChI=1S/C17H15N/c1-3-12(2)17-13-8-4-6-10-15(13)18-16-11-7-5-9-14(16)17/h4-11H,2-3H2,1H3. The Balaban J connectivity index is 2.53. The van der Waals surface area contributed by atoms with Crippen molar-refractivity contribution < 1.29 is 0 Å². The predicted octanol–water partition coefficient (Wildman–Crippen LogP) is 4.81. The number of fused-ring (bicyclic) bond motifs is 2. The Morgan fingerprint density at radius 2 is 1.44 bits per heavy atom. The van der Waals surface area contributed by atoms with Crippen LogP contribution in [-0.2, 0) is 0 Å². The summed E-state index contributed by atoms with van der Waals surface area (Å²) in [6, 6.07) is 16.6. The Hall–Kier alpha value is -2.15. The summed E-state index contributed by atoms with van der Waals surface area (Å²) in [5, 5.41) is 2.39. The number of aromatic nitrogens is 1. The Labute approximate surface area is 107 Å². The highest BCUT2D eigenvalue weighted by molar-refractivity contribution is 6.05. The fourth-order valence-corrected chi connectivity index (χ4v) is 2.40. The monoisotopic (exact) mass is 233 g/mol. The molecule has 1 heteroatoms. The molecule has 0 bridgehead atoms. The van der Waals surface area contributed by atoms with Crippen molar-refractivity contribution in [2.45, 2.75) is 13.3 Å². The van der Waals surface area contributed by atoms with Gasteiger partial charge < -0.3 is 0 Å². The van der Waals surface area contributed by atoms with Gasteiger partial charge in [-0.05, 0) is 29.7 Å². The zero-order valence-corrected chi connectivity index (χ0v) is 10.5. The van der Waals surface area contributed by atoms with Gasteiger partial charge in [0, 0.05) is 10.8 Å². The van der Waals surface area contributed by atoms with Crippen molar-refractivity contribution in [1.82, 2.24) is 4.98 Å². The lowest BCUT2D eigenvalue weighted by molar-refractivity contribution is 1.25. The third kappa shape index (κ3) is 1.60. The molecule has 3 rings (SSSR count). The molecule has 0 saturated heterocycles. The molecule has 1 heterocycles. The first-order valence-corrected chi connectivity index (χ1v) is 6.27. The Kier molecular flexibility index (Phi) is 2.60. The topological polar surface area (TPSA) is 12.9 Å². The van der Waals surface area contributed by atoms with Crippen LogP contribution in [0.1, 0.15) is 18.9 Å². The van der Waals surface area contributed by atoms with Gasteiger partial charge in [0.2, 0.25) is 0 Å². The highest BCUT2D eigenvalue weighted by Crippen LogP contribution is 2.31. The summed E-state index contributed by atoms with van der Waals surface area (Å²) in [5.41, 5.74) is 4.50. The van der Waals surface area contributed by atoms with Crippen LogP contribution in [0.4, 0.5) is 0 Å². The van der Waals surface area contributed by atoms with E-state index in [4.69, 9.17) is 4.98 Å². The van der Waals surface area contributed by atoms with Gasteiger partial charge in [0.25, 0.3) is 0 Å². The van der Waals surface area contributed by atoms with E-state index in [0.717, 1.165) is 17.5 Å². The second kappa shape index (κ2) is 4.26. The molecule has 0 saturated carbocycles. The van der Waals surface area contributed by atoms with Crippen LogP contribution < -0.4 is 0 Å². The molecule has 88 valence electrons. The molecule has 0 aliphatic carbocycles. The minimum Gasteiger partial charge on any atom is -0.248 e.